The third kappa shape index (κ3) is 4.20. The molecule has 1 saturated heterocycles. The predicted octanol–water partition coefficient (Wildman–Crippen LogP) is 2.64. The van der Waals surface area contributed by atoms with Crippen LogP contribution in [0.2, 0.25) is 5.02 Å². The molecule has 0 aliphatic carbocycles. The van der Waals surface area contributed by atoms with E-state index in [0.29, 0.717) is 22.9 Å². The van der Waals surface area contributed by atoms with Crippen molar-refractivity contribution in [2.24, 2.45) is 0 Å². The highest BCUT2D eigenvalue weighted by molar-refractivity contribution is 6.30. The van der Waals surface area contributed by atoms with Gasteiger partial charge < -0.3 is 9.47 Å². The molecule has 1 aromatic rings. The van der Waals surface area contributed by atoms with Crippen LogP contribution in [0.15, 0.2) is 18.2 Å². The van der Waals surface area contributed by atoms with E-state index >= 15 is 0 Å². The first kappa shape index (κ1) is 15.3. The molecule has 2 unspecified atom stereocenters. The van der Waals surface area contributed by atoms with Gasteiger partial charge in [0.05, 0.1) is 17.8 Å². The van der Waals surface area contributed by atoms with Crippen LogP contribution < -0.4 is 4.74 Å². The van der Waals surface area contributed by atoms with Gasteiger partial charge in [-0.1, -0.05) is 11.6 Å². The maximum atomic E-state index is 11.0. The van der Waals surface area contributed by atoms with Gasteiger partial charge in [-0.25, -0.2) is 0 Å². The number of rotatable bonds is 5. The number of nitrogens with zero attached hydrogens (tertiary/aromatic N) is 1. The maximum Gasteiger partial charge on any atom is 0.153 e. The lowest BCUT2D eigenvalue weighted by Crippen LogP contribution is -2.46. The topological polar surface area (TPSA) is 38.8 Å². The summed E-state index contributed by atoms with van der Waals surface area (Å²) in [4.78, 5) is 13.3. The molecule has 1 aliphatic rings. The van der Waals surface area contributed by atoms with E-state index in [1.807, 2.05) is 0 Å². The summed E-state index contributed by atoms with van der Waals surface area (Å²) in [6.07, 6.45) is 1.26. The molecule has 0 N–H and O–H groups in total. The minimum Gasteiger partial charge on any atom is -0.492 e. The molecule has 1 heterocycles. The van der Waals surface area contributed by atoms with E-state index in [0.717, 1.165) is 25.9 Å². The second-order valence-corrected chi connectivity index (χ2v) is 5.60. The van der Waals surface area contributed by atoms with Gasteiger partial charge in [-0.15, -0.1) is 0 Å². The second-order valence-electron chi connectivity index (χ2n) is 5.17. The number of hydrogen-bond acceptors (Lipinski definition) is 4. The van der Waals surface area contributed by atoms with Crippen LogP contribution >= 0.6 is 11.6 Å². The summed E-state index contributed by atoms with van der Waals surface area (Å²) in [7, 11) is 0. The molecule has 0 saturated carbocycles. The number of aldehydes is 1. The fraction of sp³-hybridized carbons (Fsp3) is 0.533. The van der Waals surface area contributed by atoms with E-state index in [4.69, 9.17) is 21.1 Å². The molecule has 4 nitrogen and oxygen atoms in total. The Hall–Kier alpha value is -1.10. The molecule has 1 fully saturated rings. The van der Waals surface area contributed by atoms with Crippen molar-refractivity contribution in [2.45, 2.75) is 26.1 Å². The lowest BCUT2D eigenvalue weighted by atomic mass is 10.2. The highest BCUT2D eigenvalue weighted by Crippen LogP contribution is 2.21. The first-order chi connectivity index (χ1) is 9.58. The van der Waals surface area contributed by atoms with Gasteiger partial charge >= 0.3 is 0 Å². The summed E-state index contributed by atoms with van der Waals surface area (Å²) in [5.74, 6) is 0.582. The van der Waals surface area contributed by atoms with Gasteiger partial charge in [0.1, 0.15) is 12.4 Å². The molecule has 0 bridgehead atoms. The predicted molar refractivity (Wildman–Crippen MR) is 78.8 cm³/mol. The molecule has 0 radical (unpaired) electrons. The molecule has 20 heavy (non-hydrogen) atoms. The van der Waals surface area contributed by atoms with Crippen LogP contribution in [0.5, 0.6) is 5.75 Å². The maximum absolute atomic E-state index is 11.0. The molecule has 2 atom stereocenters. The van der Waals surface area contributed by atoms with Crippen LogP contribution in [0.1, 0.15) is 24.2 Å². The number of morpholine rings is 1. The normalized spacial score (nSPS) is 23.6. The third-order valence-electron chi connectivity index (χ3n) is 3.26. The molecule has 5 heteroatoms. The van der Waals surface area contributed by atoms with E-state index in [1.165, 1.54) is 0 Å². The Labute approximate surface area is 124 Å². The molecule has 110 valence electrons. The van der Waals surface area contributed by atoms with Gasteiger partial charge in [0.2, 0.25) is 0 Å². The molecule has 2 rings (SSSR count). The summed E-state index contributed by atoms with van der Waals surface area (Å²) in [5.41, 5.74) is 0.487. The van der Waals surface area contributed by atoms with Crippen molar-refractivity contribution in [1.29, 1.82) is 0 Å². The molecule has 0 amide bonds. The minimum absolute atomic E-state index is 0.250. The van der Waals surface area contributed by atoms with Crippen molar-refractivity contribution in [3.8, 4) is 5.75 Å². The number of benzene rings is 1. The zero-order valence-corrected chi connectivity index (χ0v) is 12.6. The quantitative estimate of drug-likeness (QED) is 0.783. The Balaban J connectivity index is 1.85. The molecule has 1 aliphatic heterocycles. The van der Waals surface area contributed by atoms with E-state index in [2.05, 4.69) is 18.7 Å². The van der Waals surface area contributed by atoms with Crippen molar-refractivity contribution in [2.75, 3.05) is 26.2 Å². The highest BCUT2D eigenvalue weighted by Gasteiger charge is 2.21. The summed E-state index contributed by atoms with van der Waals surface area (Å²) in [5, 5.41) is 0.537. The average molecular weight is 298 g/mol. The van der Waals surface area contributed by atoms with Gasteiger partial charge in [-0.2, -0.15) is 0 Å². The van der Waals surface area contributed by atoms with Gasteiger partial charge in [-0.3, -0.25) is 9.69 Å². The summed E-state index contributed by atoms with van der Waals surface area (Å²) in [6, 6.07) is 5.07. The number of carbonyl (C=O) groups is 1. The van der Waals surface area contributed by atoms with Crippen LogP contribution in [0, 0.1) is 0 Å². The second kappa shape index (κ2) is 7.07. The zero-order chi connectivity index (χ0) is 14.5. The summed E-state index contributed by atoms with van der Waals surface area (Å²) >= 11 is 5.85. The Morgan fingerprint density at radius 3 is 2.75 bits per heavy atom. The third-order valence-corrected chi connectivity index (χ3v) is 3.49. The van der Waals surface area contributed by atoms with Crippen LogP contribution in [0.25, 0.3) is 0 Å². The lowest BCUT2D eigenvalue weighted by molar-refractivity contribution is -0.0699. The fourth-order valence-corrected chi connectivity index (χ4v) is 2.68. The van der Waals surface area contributed by atoms with Crippen LogP contribution in [-0.4, -0.2) is 49.6 Å². The summed E-state index contributed by atoms with van der Waals surface area (Å²) < 4.78 is 11.4. The minimum atomic E-state index is 0.250. The van der Waals surface area contributed by atoms with Gasteiger partial charge in [0, 0.05) is 24.7 Å². The zero-order valence-electron chi connectivity index (χ0n) is 11.8. The Morgan fingerprint density at radius 1 is 1.40 bits per heavy atom. The van der Waals surface area contributed by atoms with Gasteiger partial charge in [-0.05, 0) is 32.0 Å². The van der Waals surface area contributed by atoms with E-state index in [1.54, 1.807) is 18.2 Å². The lowest BCUT2D eigenvalue weighted by Gasteiger charge is -2.35. The molecular weight excluding hydrogens is 278 g/mol. The van der Waals surface area contributed by atoms with Crippen molar-refractivity contribution in [3.05, 3.63) is 28.8 Å². The Morgan fingerprint density at radius 2 is 2.10 bits per heavy atom. The number of carbonyl (C=O) groups excluding carboxylic acids is 1. The SMILES string of the molecule is CC1CN(CCOc2ccc(Cl)cc2C=O)CC(C)O1. The Bertz CT molecular complexity index is 456. The van der Waals surface area contributed by atoms with Crippen LogP contribution in [-0.2, 0) is 4.74 Å². The Kier molecular flexibility index (Phi) is 5.40. The molecular formula is C15H20ClNO3. The average Bonchev–Trinajstić information content (AvgIpc) is 2.39. The molecule has 0 spiro atoms. The fourth-order valence-electron chi connectivity index (χ4n) is 2.49. The van der Waals surface area contributed by atoms with Crippen molar-refractivity contribution < 1.29 is 14.3 Å². The van der Waals surface area contributed by atoms with Crippen molar-refractivity contribution >= 4 is 17.9 Å². The first-order valence-corrected chi connectivity index (χ1v) is 7.21. The van der Waals surface area contributed by atoms with E-state index in [-0.39, 0.29) is 12.2 Å². The van der Waals surface area contributed by atoms with Crippen molar-refractivity contribution in [3.63, 3.8) is 0 Å². The first-order valence-electron chi connectivity index (χ1n) is 6.84. The number of ether oxygens (including phenoxy) is 2. The largest absolute Gasteiger partial charge is 0.492 e. The summed E-state index contributed by atoms with van der Waals surface area (Å²) in [6.45, 7) is 7.34. The van der Waals surface area contributed by atoms with E-state index in [9.17, 15) is 4.79 Å². The monoisotopic (exact) mass is 297 g/mol. The highest BCUT2D eigenvalue weighted by atomic mass is 35.5. The van der Waals surface area contributed by atoms with Gasteiger partial charge in [0.25, 0.3) is 0 Å². The van der Waals surface area contributed by atoms with Crippen molar-refractivity contribution in [1.82, 2.24) is 4.90 Å². The number of hydrogen-bond donors (Lipinski definition) is 0. The standard InChI is InChI=1S/C15H20ClNO3/c1-11-8-17(9-12(2)20-11)5-6-19-15-4-3-14(16)7-13(15)10-18/h3-4,7,10-12H,5-6,8-9H2,1-2H3. The van der Waals surface area contributed by atoms with Gasteiger partial charge in [0.15, 0.2) is 6.29 Å². The smallest absolute Gasteiger partial charge is 0.153 e. The molecule has 0 aromatic heterocycles. The van der Waals surface area contributed by atoms with Crippen LogP contribution in [0.4, 0.5) is 0 Å². The van der Waals surface area contributed by atoms with Crippen LogP contribution in [0.3, 0.4) is 0 Å². The number of halogens is 1. The molecule has 1 aromatic carbocycles. The van der Waals surface area contributed by atoms with E-state index < -0.39 is 0 Å².